The summed E-state index contributed by atoms with van der Waals surface area (Å²) in [7, 11) is 1.38. The van der Waals surface area contributed by atoms with Crippen LogP contribution in [0.2, 0.25) is 0 Å². The van der Waals surface area contributed by atoms with E-state index in [-0.39, 0.29) is 11.3 Å². The molecule has 0 N–H and O–H groups in total. The maximum atomic E-state index is 10.8. The highest BCUT2D eigenvalue weighted by atomic mass is 32.2. The third-order valence-electron chi connectivity index (χ3n) is 1.18. The summed E-state index contributed by atoms with van der Waals surface area (Å²) in [5, 5.41) is 0.0177. The number of aliphatic imine (C=N–C) groups is 1. The fourth-order valence-electron chi connectivity index (χ4n) is 0.690. The zero-order valence-electron chi connectivity index (χ0n) is 5.90. The minimum atomic E-state index is -0.319. The highest BCUT2D eigenvalue weighted by Crippen LogP contribution is 2.23. The van der Waals surface area contributed by atoms with E-state index < -0.39 is 0 Å². The van der Waals surface area contributed by atoms with E-state index in [2.05, 4.69) is 9.73 Å². The van der Waals surface area contributed by atoms with Gasteiger partial charge in [0, 0.05) is 11.5 Å². The predicted molar refractivity (Wildman–Crippen MR) is 41.3 cm³/mol. The van der Waals surface area contributed by atoms with Crippen molar-refractivity contribution in [2.24, 2.45) is 4.99 Å². The van der Waals surface area contributed by atoms with Crippen molar-refractivity contribution < 1.29 is 9.53 Å². The van der Waals surface area contributed by atoms with Crippen molar-refractivity contribution in [2.45, 2.75) is 17.5 Å². The molecule has 1 rings (SSSR count). The molecule has 0 unspecified atom stereocenters. The third-order valence-corrected chi connectivity index (χ3v) is 2.30. The van der Waals surface area contributed by atoms with Crippen molar-refractivity contribution >= 4 is 23.9 Å². The zero-order valence-corrected chi connectivity index (χ0v) is 6.72. The standard InChI is InChI=1S/C6H9NO2S/c1-4-3-7-5(10-4)6(8)9-2/h3-5H,1-2H3/t4-,5-/m0/s1. The van der Waals surface area contributed by atoms with Crippen LogP contribution in [-0.2, 0) is 9.53 Å². The molecule has 2 atom stereocenters. The van der Waals surface area contributed by atoms with Crippen LogP contribution in [0.5, 0.6) is 0 Å². The quantitative estimate of drug-likeness (QED) is 0.528. The first kappa shape index (κ1) is 7.60. The van der Waals surface area contributed by atoms with Gasteiger partial charge in [-0.25, -0.2) is 4.79 Å². The van der Waals surface area contributed by atoms with Gasteiger partial charge in [-0.3, -0.25) is 4.99 Å². The Morgan fingerprint density at radius 1 is 1.80 bits per heavy atom. The SMILES string of the molecule is COC(=O)[C@H]1N=C[C@H](C)S1. The lowest BCUT2D eigenvalue weighted by Gasteiger charge is -2.03. The zero-order chi connectivity index (χ0) is 7.56. The highest BCUT2D eigenvalue weighted by molar-refractivity contribution is 8.02. The molecule has 3 nitrogen and oxygen atoms in total. The summed E-state index contributed by atoms with van der Waals surface area (Å²) < 4.78 is 4.51. The third kappa shape index (κ3) is 1.50. The summed E-state index contributed by atoms with van der Waals surface area (Å²) in [5.74, 6) is -0.259. The number of methoxy groups -OCH3 is 1. The molecule has 0 radical (unpaired) electrons. The number of rotatable bonds is 1. The Labute approximate surface area is 63.9 Å². The van der Waals surface area contributed by atoms with Crippen LogP contribution in [0.15, 0.2) is 4.99 Å². The van der Waals surface area contributed by atoms with E-state index in [1.54, 1.807) is 6.21 Å². The van der Waals surface area contributed by atoms with Gasteiger partial charge in [0.25, 0.3) is 0 Å². The fourth-order valence-corrected chi connectivity index (χ4v) is 1.59. The predicted octanol–water partition coefficient (Wildman–Crippen LogP) is 0.692. The van der Waals surface area contributed by atoms with Gasteiger partial charge in [-0.2, -0.15) is 0 Å². The normalized spacial score (nSPS) is 30.6. The molecule has 0 aromatic rings. The Morgan fingerprint density at radius 2 is 2.50 bits per heavy atom. The molecule has 1 heterocycles. The number of nitrogens with zero attached hydrogens (tertiary/aromatic N) is 1. The molecule has 0 spiro atoms. The summed E-state index contributed by atoms with van der Waals surface area (Å²) >= 11 is 1.50. The van der Waals surface area contributed by atoms with Crippen molar-refractivity contribution in [1.29, 1.82) is 0 Å². The summed E-state index contributed by atoms with van der Waals surface area (Å²) in [4.78, 5) is 14.8. The maximum Gasteiger partial charge on any atom is 0.341 e. The molecular weight excluding hydrogens is 150 g/mol. The molecule has 0 aromatic heterocycles. The first-order valence-corrected chi connectivity index (χ1v) is 3.95. The number of ether oxygens (including phenoxy) is 1. The average molecular weight is 159 g/mol. The van der Waals surface area contributed by atoms with E-state index in [0.29, 0.717) is 5.25 Å². The number of esters is 1. The van der Waals surface area contributed by atoms with Gasteiger partial charge in [-0.1, -0.05) is 0 Å². The average Bonchev–Trinajstić information content (AvgIpc) is 2.34. The van der Waals surface area contributed by atoms with Crippen LogP contribution in [0.25, 0.3) is 0 Å². The Balaban J connectivity index is 2.46. The fraction of sp³-hybridized carbons (Fsp3) is 0.667. The minimum Gasteiger partial charge on any atom is -0.467 e. The second-order valence-electron chi connectivity index (χ2n) is 2.01. The summed E-state index contributed by atoms with van der Waals surface area (Å²) in [5.41, 5.74) is 0. The number of carbonyl (C=O) groups is 1. The van der Waals surface area contributed by atoms with Gasteiger partial charge in [-0.05, 0) is 6.92 Å². The Bertz CT molecular complexity index is 169. The minimum absolute atomic E-state index is 0.259. The number of carbonyl (C=O) groups excluding carboxylic acids is 1. The molecule has 0 amide bonds. The lowest BCUT2D eigenvalue weighted by molar-refractivity contribution is -0.139. The Morgan fingerprint density at radius 3 is 2.90 bits per heavy atom. The van der Waals surface area contributed by atoms with Crippen molar-refractivity contribution in [2.75, 3.05) is 7.11 Å². The van der Waals surface area contributed by atoms with Crippen LogP contribution in [0.4, 0.5) is 0 Å². The van der Waals surface area contributed by atoms with Crippen LogP contribution in [0, 0.1) is 0 Å². The maximum absolute atomic E-state index is 10.8. The lowest BCUT2D eigenvalue weighted by atomic mass is 10.5. The molecule has 1 aliphatic rings. The van der Waals surface area contributed by atoms with E-state index >= 15 is 0 Å². The van der Waals surface area contributed by atoms with Crippen molar-refractivity contribution in [3.8, 4) is 0 Å². The molecular formula is C6H9NO2S. The van der Waals surface area contributed by atoms with Gasteiger partial charge < -0.3 is 4.74 Å². The second-order valence-corrected chi connectivity index (χ2v) is 3.48. The van der Waals surface area contributed by atoms with E-state index in [1.807, 2.05) is 6.92 Å². The van der Waals surface area contributed by atoms with Gasteiger partial charge in [-0.15, -0.1) is 11.8 Å². The van der Waals surface area contributed by atoms with E-state index in [0.717, 1.165) is 0 Å². The van der Waals surface area contributed by atoms with Gasteiger partial charge in [0.05, 0.1) is 7.11 Å². The second kappa shape index (κ2) is 3.05. The van der Waals surface area contributed by atoms with Gasteiger partial charge in [0.1, 0.15) is 0 Å². The molecule has 0 saturated heterocycles. The highest BCUT2D eigenvalue weighted by Gasteiger charge is 2.24. The summed E-state index contributed by atoms with van der Waals surface area (Å²) in [6, 6.07) is 0. The van der Waals surface area contributed by atoms with E-state index in [9.17, 15) is 4.79 Å². The Kier molecular flexibility index (Phi) is 2.32. The molecule has 0 aromatic carbocycles. The van der Waals surface area contributed by atoms with E-state index in [4.69, 9.17) is 0 Å². The van der Waals surface area contributed by atoms with Gasteiger partial charge in [0.2, 0.25) is 0 Å². The topological polar surface area (TPSA) is 38.7 Å². The van der Waals surface area contributed by atoms with Crippen LogP contribution >= 0.6 is 11.8 Å². The molecule has 4 heteroatoms. The molecule has 0 aliphatic carbocycles. The summed E-state index contributed by atoms with van der Waals surface area (Å²) in [6.07, 6.45) is 1.77. The molecule has 56 valence electrons. The smallest absolute Gasteiger partial charge is 0.341 e. The number of hydrogen-bond donors (Lipinski definition) is 0. The first-order valence-electron chi connectivity index (χ1n) is 3.00. The Hall–Kier alpha value is -0.510. The van der Waals surface area contributed by atoms with Crippen LogP contribution in [-0.4, -0.2) is 29.9 Å². The first-order chi connectivity index (χ1) is 4.74. The molecule has 0 saturated carbocycles. The van der Waals surface area contributed by atoms with Crippen LogP contribution in [0.3, 0.4) is 0 Å². The van der Waals surface area contributed by atoms with Gasteiger partial charge >= 0.3 is 5.97 Å². The van der Waals surface area contributed by atoms with E-state index in [1.165, 1.54) is 18.9 Å². The molecule has 1 aliphatic heterocycles. The molecule has 0 bridgehead atoms. The van der Waals surface area contributed by atoms with Crippen molar-refractivity contribution in [1.82, 2.24) is 0 Å². The molecule has 10 heavy (non-hydrogen) atoms. The van der Waals surface area contributed by atoms with Crippen molar-refractivity contribution in [3.05, 3.63) is 0 Å². The van der Waals surface area contributed by atoms with Crippen LogP contribution < -0.4 is 0 Å². The van der Waals surface area contributed by atoms with Crippen molar-refractivity contribution in [3.63, 3.8) is 0 Å². The molecule has 0 fully saturated rings. The van der Waals surface area contributed by atoms with Gasteiger partial charge in [0.15, 0.2) is 5.37 Å². The lowest BCUT2D eigenvalue weighted by Crippen LogP contribution is -2.14. The summed E-state index contributed by atoms with van der Waals surface area (Å²) in [6.45, 7) is 2.00. The largest absolute Gasteiger partial charge is 0.467 e. The number of thioether (sulfide) groups is 1. The van der Waals surface area contributed by atoms with Crippen LogP contribution in [0.1, 0.15) is 6.92 Å². The number of hydrogen-bond acceptors (Lipinski definition) is 4. The monoisotopic (exact) mass is 159 g/mol.